The van der Waals surface area contributed by atoms with E-state index in [0.29, 0.717) is 23.2 Å². The van der Waals surface area contributed by atoms with Gasteiger partial charge >= 0.3 is 0 Å². The molecule has 10 heteroatoms. The van der Waals surface area contributed by atoms with E-state index in [4.69, 9.17) is 20.9 Å². The fraction of sp³-hybridized carbons (Fsp3) is 0.231. The molecule has 0 saturated heterocycles. The van der Waals surface area contributed by atoms with Crippen molar-refractivity contribution in [3.05, 3.63) is 23.8 Å². The average molecular weight is 334 g/mol. The van der Waals surface area contributed by atoms with Gasteiger partial charge in [-0.3, -0.25) is 4.79 Å². The maximum atomic E-state index is 11.9. The molecule has 0 fully saturated rings. The highest BCUT2D eigenvalue weighted by atomic mass is 32.2. The monoisotopic (exact) mass is 334 g/mol. The van der Waals surface area contributed by atoms with Gasteiger partial charge in [0.1, 0.15) is 0 Å². The largest absolute Gasteiger partial charge is 0.454 e. The SMILES string of the molecule is Nc1nc(N)nc(SCC(=O)NCc2ccc3c(c2)OCO3)n1. The van der Waals surface area contributed by atoms with Crippen LogP contribution in [0, 0.1) is 0 Å². The zero-order valence-corrected chi connectivity index (χ0v) is 12.8. The van der Waals surface area contributed by atoms with Crippen LogP contribution in [0.5, 0.6) is 11.5 Å². The Morgan fingerprint density at radius 1 is 1.17 bits per heavy atom. The van der Waals surface area contributed by atoms with Gasteiger partial charge in [-0.2, -0.15) is 15.0 Å². The molecule has 0 atom stereocenters. The van der Waals surface area contributed by atoms with E-state index in [1.54, 1.807) is 0 Å². The number of nitrogens with one attached hydrogen (secondary N) is 1. The third-order valence-corrected chi connectivity index (χ3v) is 3.76. The summed E-state index contributed by atoms with van der Waals surface area (Å²) in [6.45, 7) is 0.609. The summed E-state index contributed by atoms with van der Waals surface area (Å²) in [6, 6.07) is 5.52. The van der Waals surface area contributed by atoms with Gasteiger partial charge in [-0.25, -0.2) is 0 Å². The van der Waals surface area contributed by atoms with Crippen LogP contribution < -0.4 is 26.3 Å². The maximum absolute atomic E-state index is 11.9. The van der Waals surface area contributed by atoms with Crippen molar-refractivity contribution in [2.45, 2.75) is 11.7 Å². The first-order valence-corrected chi connectivity index (χ1v) is 7.64. The second-order valence-corrected chi connectivity index (χ2v) is 5.53. The molecule has 1 aliphatic heterocycles. The van der Waals surface area contributed by atoms with Crippen molar-refractivity contribution in [2.75, 3.05) is 24.0 Å². The minimum absolute atomic E-state index is 0.0285. The minimum Gasteiger partial charge on any atom is -0.454 e. The summed E-state index contributed by atoms with van der Waals surface area (Å²) >= 11 is 1.13. The van der Waals surface area contributed by atoms with Crippen LogP contribution in [0.2, 0.25) is 0 Å². The molecule has 0 saturated carbocycles. The van der Waals surface area contributed by atoms with E-state index in [0.717, 1.165) is 17.3 Å². The number of benzene rings is 1. The first kappa shape index (κ1) is 15.2. The predicted octanol–water partition coefficient (Wildman–Crippen LogP) is 0.173. The molecule has 5 N–H and O–H groups in total. The zero-order chi connectivity index (χ0) is 16.2. The molecule has 3 rings (SSSR count). The molecule has 0 unspecified atom stereocenters. The highest BCUT2D eigenvalue weighted by Crippen LogP contribution is 2.32. The second-order valence-electron chi connectivity index (χ2n) is 4.59. The predicted molar refractivity (Wildman–Crippen MR) is 83.8 cm³/mol. The number of nitrogens with two attached hydrogens (primary N) is 2. The fourth-order valence-electron chi connectivity index (χ4n) is 1.89. The lowest BCUT2D eigenvalue weighted by atomic mass is 10.2. The molecule has 0 aliphatic carbocycles. The van der Waals surface area contributed by atoms with E-state index in [-0.39, 0.29) is 30.3 Å². The Labute approximate surface area is 135 Å². The van der Waals surface area contributed by atoms with Crippen molar-refractivity contribution >= 4 is 29.6 Å². The quantitative estimate of drug-likeness (QED) is 0.653. The Balaban J connectivity index is 1.49. The van der Waals surface area contributed by atoms with Crippen LogP contribution in [0.3, 0.4) is 0 Å². The summed E-state index contributed by atoms with van der Waals surface area (Å²) < 4.78 is 10.5. The number of carbonyl (C=O) groups is 1. The molecule has 1 aromatic heterocycles. The molecular formula is C13H14N6O3S. The summed E-state index contributed by atoms with van der Waals surface area (Å²) in [5.41, 5.74) is 11.9. The van der Waals surface area contributed by atoms with Crippen LogP contribution in [0.1, 0.15) is 5.56 Å². The number of nitrogen functional groups attached to an aromatic ring is 2. The van der Waals surface area contributed by atoms with E-state index in [9.17, 15) is 4.79 Å². The summed E-state index contributed by atoms with van der Waals surface area (Å²) in [5, 5.41) is 3.11. The first-order valence-electron chi connectivity index (χ1n) is 6.65. The number of anilines is 2. The molecule has 0 spiro atoms. The van der Waals surface area contributed by atoms with Crippen LogP contribution in [-0.2, 0) is 11.3 Å². The smallest absolute Gasteiger partial charge is 0.231 e. The van der Waals surface area contributed by atoms with Crippen LogP contribution in [0.15, 0.2) is 23.4 Å². The van der Waals surface area contributed by atoms with E-state index in [1.165, 1.54) is 0 Å². The van der Waals surface area contributed by atoms with Crippen LogP contribution in [0.25, 0.3) is 0 Å². The third kappa shape index (κ3) is 3.92. The van der Waals surface area contributed by atoms with Crippen molar-refractivity contribution < 1.29 is 14.3 Å². The second kappa shape index (κ2) is 6.57. The van der Waals surface area contributed by atoms with Crippen LogP contribution >= 0.6 is 11.8 Å². The summed E-state index contributed by atoms with van der Waals surface area (Å²) in [4.78, 5) is 23.3. The van der Waals surface area contributed by atoms with E-state index in [2.05, 4.69) is 20.3 Å². The number of thioether (sulfide) groups is 1. The molecule has 23 heavy (non-hydrogen) atoms. The molecule has 0 radical (unpaired) electrons. The molecule has 2 heterocycles. The minimum atomic E-state index is -0.162. The molecular weight excluding hydrogens is 320 g/mol. The number of rotatable bonds is 5. The summed E-state index contributed by atoms with van der Waals surface area (Å²) in [7, 11) is 0. The number of nitrogens with zero attached hydrogens (tertiary/aromatic N) is 3. The number of ether oxygens (including phenoxy) is 2. The van der Waals surface area contributed by atoms with Gasteiger partial charge in [-0.1, -0.05) is 17.8 Å². The van der Waals surface area contributed by atoms with Crippen molar-refractivity contribution in [1.29, 1.82) is 0 Å². The number of amides is 1. The number of carbonyl (C=O) groups excluding carboxylic acids is 1. The lowest BCUT2D eigenvalue weighted by Gasteiger charge is -2.06. The van der Waals surface area contributed by atoms with Gasteiger partial charge in [0, 0.05) is 6.54 Å². The average Bonchev–Trinajstić information content (AvgIpc) is 2.97. The van der Waals surface area contributed by atoms with E-state index >= 15 is 0 Å². The molecule has 0 bridgehead atoms. The van der Waals surface area contributed by atoms with Gasteiger partial charge in [0.05, 0.1) is 5.75 Å². The Morgan fingerprint density at radius 2 is 1.91 bits per heavy atom. The Morgan fingerprint density at radius 3 is 2.70 bits per heavy atom. The highest BCUT2D eigenvalue weighted by Gasteiger charge is 2.13. The highest BCUT2D eigenvalue weighted by molar-refractivity contribution is 7.99. The normalized spacial score (nSPS) is 12.2. The molecule has 2 aromatic rings. The first-order chi connectivity index (χ1) is 11.1. The van der Waals surface area contributed by atoms with Crippen molar-refractivity contribution in [3.8, 4) is 11.5 Å². The molecule has 9 nitrogen and oxygen atoms in total. The Kier molecular flexibility index (Phi) is 4.33. The van der Waals surface area contributed by atoms with Crippen molar-refractivity contribution in [1.82, 2.24) is 20.3 Å². The van der Waals surface area contributed by atoms with Gasteiger partial charge in [0.15, 0.2) is 16.7 Å². The molecule has 120 valence electrons. The van der Waals surface area contributed by atoms with Crippen molar-refractivity contribution in [3.63, 3.8) is 0 Å². The topological polar surface area (TPSA) is 138 Å². The number of hydrogen-bond acceptors (Lipinski definition) is 9. The molecule has 1 amide bonds. The lowest BCUT2D eigenvalue weighted by molar-refractivity contribution is -0.118. The standard InChI is InChI=1S/C13H14N6O3S/c14-11-17-12(15)19-13(18-11)23-5-10(20)16-4-7-1-2-8-9(3-7)22-6-21-8/h1-3H,4-6H2,(H,16,20)(H4,14,15,17,18,19). The van der Waals surface area contributed by atoms with Crippen LogP contribution in [0.4, 0.5) is 11.9 Å². The zero-order valence-electron chi connectivity index (χ0n) is 12.0. The number of aromatic nitrogens is 3. The van der Waals surface area contributed by atoms with Gasteiger partial charge in [-0.15, -0.1) is 0 Å². The van der Waals surface area contributed by atoms with Gasteiger partial charge < -0.3 is 26.3 Å². The van der Waals surface area contributed by atoms with Crippen LogP contribution in [-0.4, -0.2) is 33.4 Å². The summed E-state index contributed by atoms with van der Waals surface area (Å²) in [5.74, 6) is 1.43. The number of fused-ring (bicyclic) bond motifs is 1. The van der Waals surface area contributed by atoms with E-state index < -0.39 is 0 Å². The Hall–Kier alpha value is -2.75. The van der Waals surface area contributed by atoms with E-state index in [1.807, 2.05) is 18.2 Å². The van der Waals surface area contributed by atoms with Crippen molar-refractivity contribution in [2.24, 2.45) is 0 Å². The van der Waals surface area contributed by atoms with Gasteiger partial charge in [0.2, 0.25) is 24.6 Å². The number of hydrogen-bond donors (Lipinski definition) is 3. The molecule has 1 aromatic carbocycles. The fourth-order valence-corrected chi connectivity index (χ4v) is 2.56. The van der Waals surface area contributed by atoms with Gasteiger partial charge in [-0.05, 0) is 17.7 Å². The maximum Gasteiger partial charge on any atom is 0.231 e. The van der Waals surface area contributed by atoms with Gasteiger partial charge in [0.25, 0.3) is 0 Å². The summed E-state index contributed by atoms with van der Waals surface area (Å²) in [6.07, 6.45) is 0. The Bertz CT molecular complexity index is 721. The molecule has 1 aliphatic rings. The lowest BCUT2D eigenvalue weighted by Crippen LogP contribution is -2.24. The third-order valence-electron chi connectivity index (χ3n) is 2.91.